The zero-order chi connectivity index (χ0) is 14.8. The minimum atomic E-state index is 0.161. The van der Waals surface area contributed by atoms with E-state index in [1.165, 1.54) is 0 Å². The summed E-state index contributed by atoms with van der Waals surface area (Å²) in [5.41, 5.74) is 1.15. The molecule has 0 unspecified atom stereocenters. The first-order valence-corrected chi connectivity index (χ1v) is 7.23. The number of hydrogen-bond donors (Lipinski definition) is 2. The smallest absolute Gasteiger partial charge is 0.224 e. The molecule has 3 rings (SSSR count). The number of pyridine rings is 1. The molecule has 1 fully saturated rings. The summed E-state index contributed by atoms with van der Waals surface area (Å²) in [5, 5.41) is 6.15. The lowest BCUT2D eigenvalue weighted by atomic mass is 10.1. The Balaban J connectivity index is 0.000000225. The molecule has 1 saturated heterocycles. The van der Waals surface area contributed by atoms with Crippen molar-refractivity contribution in [1.29, 1.82) is 0 Å². The number of aromatic nitrogens is 1. The zero-order valence-corrected chi connectivity index (χ0v) is 12.0. The molecule has 110 valence electrons. The minimum absolute atomic E-state index is 0.161. The molecular weight excluding hydrogens is 262 g/mol. The maximum Gasteiger partial charge on any atom is 0.224 e. The molecule has 0 saturated carbocycles. The fraction of sp³-hybridized carbons (Fsp3) is 0.294. The van der Waals surface area contributed by atoms with Gasteiger partial charge in [0.15, 0.2) is 0 Å². The van der Waals surface area contributed by atoms with E-state index in [-0.39, 0.29) is 11.8 Å². The van der Waals surface area contributed by atoms with Crippen LogP contribution in [0.5, 0.6) is 0 Å². The van der Waals surface area contributed by atoms with Gasteiger partial charge in [0, 0.05) is 25.5 Å². The van der Waals surface area contributed by atoms with Gasteiger partial charge < -0.3 is 10.6 Å². The number of amides is 1. The van der Waals surface area contributed by atoms with Crippen molar-refractivity contribution in [3.63, 3.8) is 0 Å². The molecule has 4 heteroatoms. The Bertz CT molecular complexity index is 483. The molecular formula is C17H21N3O. The van der Waals surface area contributed by atoms with Gasteiger partial charge in [-0.25, -0.2) is 0 Å². The topological polar surface area (TPSA) is 54.0 Å². The molecule has 1 aromatic carbocycles. The van der Waals surface area contributed by atoms with Gasteiger partial charge in [-0.15, -0.1) is 0 Å². The molecule has 21 heavy (non-hydrogen) atoms. The van der Waals surface area contributed by atoms with Crippen molar-refractivity contribution in [1.82, 2.24) is 15.6 Å². The van der Waals surface area contributed by atoms with E-state index >= 15 is 0 Å². The van der Waals surface area contributed by atoms with Gasteiger partial charge in [0.1, 0.15) is 0 Å². The maximum absolute atomic E-state index is 11.7. The molecule has 0 spiro atoms. The van der Waals surface area contributed by atoms with Gasteiger partial charge in [0.05, 0.1) is 5.92 Å². The van der Waals surface area contributed by atoms with Crippen LogP contribution < -0.4 is 10.6 Å². The molecule has 1 aromatic heterocycles. The highest BCUT2D eigenvalue weighted by Gasteiger charge is 2.21. The van der Waals surface area contributed by atoms with Crippen LogP contribution in [0.25, 0.3) is 0 Å². The van der Waals surface area contributed by atoms with Gasteiger partial charge in [-0.1, -0.05) is 36.4 Å². The molecule has 2 aromatic rings. The monoisotopic (exact) mass is 283 g/mol. The van der Waals surface area contributed by atoms with Crippen LogP contribution in [0.15, 0.2) is 60.9 Å². The lowest BCUT2D eigenvalue weighted by molar-refractivity contribution is -0.124. The Morgan fingerprint density at radius 2 is 1.86 bits per heavy atom. The first kappa shape index (κ1) is 15.2. The number of benzene rings is 1. The van der Waals surface area contributed by atoms with Crippen LogP contribution in [0, 0.1) is 5.92 Å². The molecule has 2 N–H and O–H groups in total. The Kier molecular flexibility index (Phi) is 6.42. The van der Waals surface area contributed by atoms with Crippen molar-refractivity contribution in [2.45, 2.75) is 13.0 Å². The standard InChI is InChI=1S/C12H16N2O.C5H5N/c15-12(11-6-7-13-9-11)14-8-10-4-2-1-3-5-10;1-2-4-6-5-3-1/h1-5,11,13H,6-9H2,(H,14,15);1-5H/t11-;/m0./s1. The number of hydrogen-bond acceptors (Lipinski definition) is 3. The van der Waals surface area contributed by atoms with Crippen molar-refractivity contribution < 1.29 is 4.79 Å². The quantitative estimate of drug-likeness (QED) is 0.906. The second-order valence-electron chi connectivity index (χ2n) is 4.92. The predicted molar refractivity (Wildman–Crippen MR) is 83.5 cm³/mol. The maximum atomic E-state index is 11.7. The molecule has 4 nitrogen and oxygen atoms in total. The average Bonchev–Trinajstić information content (AvgIpc) is 3.10. The highest BCUT2D eigenvalue weighted by molar-refractivity contribution is 5.79. The summed E-state index contributed by atoms with van der Waals surface area (Å²) in [7, 11) is 0. The van der Waals surface area contributed by atoms with E-state index < -0.39 is 0 Å². The lowest BCUT2D eigenvalue weighted by Crippen LogP contribution is -2.31. The number of carbonyl (C=O) groups excluding carboxylic acids is 1. The first-order valence-electron chi connectivity index (χ1n) is 7.23. The summed E-state index contributed by atoms with van der Waals surface area (Å²) in [6.45, 7) is 2.42. The molecule has 1 atom stereocenters. The minimum Gasteiger partial charge on any atom is -0.352 e. The molecule has 0 aliphatic carbocycles. The first-order chi connectivity index (χ1) is 10.4. The Morgan fingerprint density at radius 1 is 1.14 bits per heavy atom. The Hall–Kier alpha value is -2.20. The van der Waals surface area contributed by atoms with E-state index in [0.29, 0.717) is 6.54 Å². The Morgan fingerprint density at radius 3 is 2.38 bits per heavy atom. The summed E-state index contributed by atoms with van der Waals surface area (Å²) in [5.74, 6) is 0.331. The third-order valence-electron chi connectivity index (χ3n) is 3.31. The van der Waals surface area contributed by atoms with Crippen LogP contribution in [-0.4, -0.2) is 24.0 Å². The Labute approximate surface area is 125 Å². The van der Waals surface area contributed by atoms with E-state index in [1.807, 2.05) is 48.5 Å². The summed E-state index contributed by atoms with van der Waals surface area (Å²) in [4.78, 5) is 15.5. The van der Waals surface area contributed by atoms with Crippen molar-refractivity contribution in [3.8, 4) is 0 Å². The molecule has 1 aliphatic heterocycles. The summed E-state index contributed by atoms with van der Waals surface area (Å²) in [6.07, 6.45) is 4.46. The van der Waals surface area contributed by atoms with Crippen molar-refractivity contribution >= 4 is 5.91 Å². The van der Waals surface area contributed by atoms with E-state index in [0.717, 1.165) is 25.1 Å². The van der Waals surface area contributed by atoms with Crippen LogP contribution in [0.4, 0.5) is 0 Å². The van der Waals surface area contributed by atoms with Gasteiger partial charge in [-0.2, -0.15) is 0 Å². The molecule has 1 amide bonds. The van der Waals surface area contributed by atoms with Crippen molar-refractivity contribution in [2.75, 3.05) is 13.1 Å². The van der Waals surface area contributed by atoms with Gasteiger partial charge in [0.25, 0.3) is 0 Å². The number of carbonyl (C=O) groups is 1. The van der Waals surface area contributed by atoms with Gasteiger partial charge in [0.2, 0.25) is 5.91 Å². The normalized spacial score (nSPS) is 16.7. The van der Waals surface area contributed by atoms with Crippen LogP contribution >= 0.6 is 0 Å². The predicted octanol–water partition coefficient (Wildman–Crippen LogP) is 1.99. The van der Waals surface area contributed by atoms with Crippen LogP contribution in [-0.2, 0) is 11.3 Å². The largest absolute Gasteiger partial charge is 0.352 e. The van der Waals surface area contributed by atoms with Crippen LogP contribution in [0.1, 0.15) is 12.0 Å². The second kappa shape index (κ2) is 8.87. The summed E-state index contributed by atoms with van der Waals surface area (Å²) in [6, 6.07) is 15.7. The van der Waals surface area contributed by atoms with E-state index in [9.17, 15) is 4.79 Å². The molecule has 0 radical (unpaired) electrons. The van der Waals surface area contributed by atoms with Gasteiger partial charge in [-0.3, -0.25) is 9.78 Å². The highest BCUT2D eigenvalue weighted by atomic mass is 16.1. The van der Waals surface area contributed by atoms with Crippen molar-refractivity contribution in [2.24, 2.45) is 5.92 Å². The molecule has 0 bridgehead atoms. The van der Waals surface area contributed by atoms with E-state index in [2.05, 4.69) is 15.6 Å². The molecule has 2 heterocycles. The highest BCUT2D eigenvalue weighted by Crippen LogP contribution is 2.07. The lowest BCUT2D eigenvalue weighted by Gasteiger charge is -2.09. The SMILES string of the molecule is O=C(NCc1ccccc1)[C@H]1CCNC1.c1ccncc1. The third kappa shape index (κ3) is 5.75. The number of nitrogens with zero attached hydrogens (tertiary/aromatic N) is 1. The van der Waals surface area contributed by atoms with Gasteiger partial charge in [-0.05, 0) is 30.7 Å². The van der Waals surface area contributed by atoms with Crippen LogP contribution in [0.2, 0.25) is 0 Å². The van der Waals surface area contributed by atoms with E-state index in [1.54, 1.807) is 12.4 Å². The van der Waals surface area contributed by atoms with E-state index in [4.69, 9.17) is 0 Å². The zero-order valence-electron chi connectivity index (χ0n) is 12.0. The summed E-state index contributed by atoms with van der Waals surface area (Å²) >= 11 is 0. The fourth-order valence-corrected chi connectivity index (χ4v) is 2.12. The number of rotatable bonds is 3. The third-order valence-corrected chi connectivity index (χ3v) is 3.31. The second-order valence-corrected chi connectivity index (χ2v) is 4.92. The number of nitrogens with one attached hydrogen (secondary N) is 2. The average molecular weight is 283 g/mol. The van der Waals surface area contributed by atoms with Crippen molar-refractivity contribution in [3.05, 3.63) is 66.5 Å². The van der Waals surface area contributed by atoms with Gasteiger partial charge >= 0.3 is 0 Å². The van der Waals surface area contributed by atoms with Crippen LogP contribution in [0.3, 0.4) is 0 Å². The summed E-state index contributed by atoms with van der Waals surface area (Å²) < 4.78 is 0. The molecule has 1 aliphatic rings. The fourth-order valence-electron chi connectivity index (χ4n) is 2.12.